The van der Waals surface area contributed by atoms with E-state index in [9.17, 15) is 0 Å². The zero-order valence-electron chi connectivity index (χ0n) is 14.6. The SMILES string of the molecule is CCOc1ccc2c(c1)C(c1cc(N3CCO[C@@H](C)C3)ncn1)=NC2. The summed E-state index contributed by atoms with van der Waals surface area (Å²) >= 11 is 0. The van der Waals surface area contributed by atoms with Gasteiger partial charge in [0.2, 0.25) is 0 Å². The summed E-state index contributed by atoms with van der Waals surface area (Å²) in [6.07, 6.45) is 1.84. The molecule has 0 unspecified atom stereocenters. The molecule has 4 rings (SSSR count). The van der Waals surface area contributed by atoms with Gasteiger partial charge in [-0.3, -0.25) is 4.99 Å². The number of rotatable bonds is 4. The summed E-state index contributed by atoms with van der Waals surface area (Å²) < 4.78 is 11.3. The van der Waals surface area contributed by atoms with Crippen LogP contribution in [0.1, 0.15) is 30.7 Å². The number of hydrogen-bond acceptors (Lipinski definition) is 6. The van der Waals surface area contributed by atoms with Crippen molar-refractivity contribution >= 4 is 11.5 Å². The lowest BCUT2D eigenvalue weighted by Crippen LogP contribution is -2.41. The monoisotopic (exact) mass is 338 g/mol. The van der Waals surface area contributed by atoms with Crippen molar-refractivity contribution in [1.82, 2.24) is 9.97 Å². The van der Waals surface area contributed by atoms with E-state index in [4.69, 9.17) is 14.5 Å². The molecule has 2 aliphatic heterocycles. The highest BCUT2D eigenvalue weighted by atomic mass is 16.5. The molecule has 6 nitrogen and oxygen atoms in total. The maximum atomic E-state index is 5.64. The first-order valence-corrected chi connectivity index (χ1v) is 8.74. The lowest BCUT2D eigenvalue weighted by atomic mass is 10.0. The summed E-state index contributed by atoms with van der Waals surface area (Å²) in [5.74, 6) is 1.80. The zero-order chi connectivity index (χ0) is 17.2. The molecular weight excluding hydrogens is 316 g/mol. The molecule has 2 aromatic rings. The number of nitrogens with zero attached hydrogens (tertiary/aromatic N) is 4. The molecule has 0 bridgehead atoms. The number of aromatic nitrogens is 2. The third-order valence-corrected chi connectivity index (χ3v) is 4.52. The van der Waals surface area contributed by atoms with Crippen molar-refractivity contribution in [1.29, 1.82) is 0 Å². The van der Waals surface area contributed by atoms with E-state index in [0.717, 1.165) is 48.2 Å². The third-order valence-electron chi connectivity index (χ3n) is 4.52. The van der Waals surface area contributed by atoms with Crippen LogP contribution in [0, 0.1) is 0 Å². The van der Waals surface area contributed by atoms with Gasteiger partial charge in [-0.05, 0) is 31.5 Å². The highest BCUT2D eigenvalue weighted by Gasteiger charge is 2.22. The van der Waals surface area contributed by atoms with E-state index < -0.39 is 0 Å². The molecule has 1 aromatic carbocycles. The molecule has 130 valence electrons. The fourth-order valence-corrected chi connectivity index (χ4v) is 3.31. The van der Waals surface area contributed by atoms with Crippen LogP contribution in [0.4, 0.5) is 5.82 Å². The fraction of sp³-hybridized carbons (Fsp3) is 0.421. The van der Waals surface area contributed by atoms with E-state index in [-0.39, 0.29) is 6.10 Å². The van der Waals surface area contributed by atoms with Crippen molar-refractivity contribution in [2.24, 2.45) is 4.99 Å². The van der Waals surface area contributed by atoms with Gasteiger partial charge in [-0.2, -0.15) is 0 Å². The van der Waals surface area contributed by atoms with Crippen LogP contribution in [-0.2, 0) is 11.3 Å². The minimum absolute atomic E-state index is 0.213. The number of morpholine rings is 1. The van der Waals surface area contributed by atoms with Gasteiger partial charge < -0.3 is 14.4 Å². The lowest BCUT2D eigenvalue weighted by molar-refractivity contribution is 0.0529. The van der Waals surface area contributed by atoms with Crippen LogP contribution in [0.2, 0.25) is 0 Å². The van der Waals surface area contributed by atoms with E-state index in [2.05, 4.69) is 33.9 Å². The Hall–Kier alpha value is -2.47. The normalized spacial score (nSPS) is 19.5. The van der Waals surface area contributed by atoms with Gasteiger partial charge in [0.15, 0.2) is 0 Å². The van der Waals surface area contributed by atoms with Crippen LogP contribution in [0.3, 0.4) is 0 Å². The lowest BCUT2D eigenvalue weighted by Gasteiger charge is -2.32. The number of hydrogen-bond donors (Lipinski definition) is 0. The Bertz CT molecular complexity index is 806. The molecular formula is C19H22N4O2. The van der Waals surface area contributed by atoms with Crippen molar-refractivity contribution < 1.29 is 9.47 Å². The predicted molar refractivity (Wildman–Crippen MR) is 96.6 cm³/mol. The van der Waals surface area contributed by atoms with Crippen molar-refractivity contribution in [3.05, 3.63) is 47.4 Å². The Morgan fingerprint density at radius 2 is 2.20 bits per heavy atom. The second-order valence-electron chi connectivity index (χ2n) is 6.31. The van der Waals surface area contributed by atoms with Gasteiger partial charge in [0.05, 0.1) is 37.3 Å². The van der Waals surface area contributed by atoms with E-state index in [1.165, 1.54) is 5.56 Å². The molecule has 1 fully saturated rings. The number of ether oxygens (including phenoxy) is 2. The second-order valence-corrected chi connectivity index (χ2v) is 6.31. The van der Waals surface area contributed by atoms with E-state index in [1.54, 1.807) is 6.33 Å². The number of aliphatic imine (C=N–C) groups is 1. The summed E-state index contributed by atoms with van der Waals surface area (Å²) in [6.45, 7) is 7.82. The molecule has 0 aliphatic carbocycles. The molecule has 1 atom stereocenters. The average molecular weight is 338 g/mol. The molecule has 0 saturated carbocycles. The first-order chi connectivity index (χ1) is 12.2. The van der Waals surface area contributed by atoms with Gasteiger partial charge in [0.25, 0.3) is 0 Å². The van der Waals surface area contributed by atoms with Crippen molar-refractivity contribution in [2.45, 2.75) is 26.5 Å². The molecule has 0 N–H and O–H groups in total. The maximum Gasteiger partial charge on any atom is 0.132 e. The molecule has 2 aliphatic rings. The van der Waals surface area contributed by atoms with Gasteiger partial charge in [-0.1, -0.05) is 6.07 Å². The Kier molecular flexibility index (Phi) is 4.36. The molecule has 3 heterocycles. The molecule has 0 radical (unpaired) electrons. The first kappa shape index (κ1) is 16.0. The number of anilines is 1. The summed E-state index contributed by atoms with van der Waals surface area (Å²) in [5.41, 5.74) is 4.09. The van der Waals surface area contributed by atoms with E-state index in [1.807, 2.05) is 19.1 Å². The summed E-state index contributed by atoms with van der Waals surface area (Å²) in [6, 6.07) is 8.17. The predicted octanol–water partition coefficient (Wildman–Crippen LogP) is 2.45. The quantitative estimate of drug-likeness (QED) is 0.857. The summed E-state index contributed by atoms with van der Waals surface area (Å²) in [5, 5.41) is 0. The van der Waals surface area contributed by atoms with E-state index in [0.29, 0.717) is 13.2 Å². The first-order valence-electron chi connectivity index (χ1n) is 8.74. The van der Waals surface area contributed by atoms with Gasteiger partial charge in [0, 0.05) is 24.7 Å². The van der Waals surface area contributed by atoms with Crippen LogP contribution >= 0.6 is 0 Å². The maximum absolute atomic E-state index is 5.64. The van der Waals surface area contributed by atoms with Crippen molar-refractivity contribution in [2.75, 3.05) is 31.2 Å². The Morgan fingerprint density at radius 1 is 1.28 bits per heavy atom. The van der Waals surface area contributed by atoms with E-state index >= 15 is 0 Å². The van der Waals surface area contributed by atoms with Gasteiger partial charge >= 0.3 is 0 Å². The van der Waals surface area contributed by atoms with Crippen LogP contribution in [-0.4, -0.2) is 48.1 Å². The third kappa shape index (κ3) is 3.22. The second kappa shape index (κ2) is 6.80. The van der Waals surface area contributed by atoms with Crippen LogP contribution in [0.15, 0.2) is 35.6 Å². The summed E-state index contributed by atoms with van der Waals surface area (Å²) in [4.78, 5) is 15.9. The highest BCUT2D eigenvalue weighted by molar-refractivity contribution is 6.14. The highest BCUT2D eigenvalue weighted by Crippen LogP contribution is 2.27. The molecule has 1 saturated heterocycles. The fourth-order valence-electron chi connectivity index (χ4n) is 3.31. The summed E-state index contributed by atoms with van der Waals surface area (Å²) in [7, 11) is 0. The molecule has 25 heavy (non-hydrogen) atoms. The largest absolute Gasteiger partial charge is 0.494 e. The van der Waals surface area contributed by atoms with Gasteiger partial charge in [-0.25, -0.2) is 9.97 Å². The average Bonchev–Trinajstić information content (AvgIpc) is 3.05. The Morgan fingerprint density at radius 3 is 3.04 bits per heavy atom. The van der Waals surface area contributed by atoms with Crippen molar-refractivity contribution in [3.8, 4) is 5.75 Å². The number of benzene rings is 1. The molecule has 1 aromatic heterocycles. The zero-order valence-corrected chi connectivity index (χ0v) is 14.6. The molecule has 0 spiro atoms. The molecule has 0 amide bonds. The van der Waals surface area contributed by atoms with Crippen LogP contribution in [0.5, 0.6) is 5.75 Å². The Labute approximate surface area is 147 Å². The minimum Gasteiger partial charge on any atom is -0.494 e. The van der Waals surface area contributed by atoms with Crippen LogP contribution in [0.25, 0.3) is 0 Å². The molecule has 6 heteroatoms. The number of fused-ring (bicyclic) bond motifs is 1. The minimum atomic E-state index is 0.213. The van der Waals surface area contributed by atoms with Gasteiger partial charge in [0.1, 0.15) is 17.9 Å². The standard InChI is InChI=1S/C19H22N4O2/c1-3-24-15-5-4-14-10-20-19(16(14)8-15)17-9-18(22-12-21-17)23-6-7-25-13(2)11-23/h4-5,8-9,12-13H,3,6-7,10-11H2,1-2H3/t13-/m0/s1. The Balaban J connectivity index is 1.64. The van der Waals surface area contributed by atoms with Crippen LogP contribution < -0.4 is 9.64 Å². The smallest absolute Gasteiger partial charge is 0.132 e. The topological polar surface area (TPSA) is 59.8 Å². The van der Waals surface area contributed by atoms with Gasteiger partial charge in [-0.15, -0.1) is 0 Å². The van der Waals surface area contributed by atoms with Crippen molar-refractivity contribution in [3.63, 3.8) is 0 Å².